The number of rotatable bonds is 3. The Kier molecular flexibility index (Phi) is 4.35. The number of aryl methyl sites for hydroxylation is 2. The number of nitrogens with zero attached hydrogens (tertiary/aromatic N) is 2. The highest BCUT2D eigenvalue weighted by molar-refractivity contribution is 5.93. The van der Waals surface area contributed by atoms with E-state index >= 15 is 0 Å². The molecule has 20 heavy (non-hydrogen) atoms. The van der Waals surface area contributed by atoms with Crippen LogP contribution in [0.1, 0.15) is 56.2 Å². The van der Waals surface area contributed by atoms with Gasteiger partial charge in [-0.05, 0) is 37.5 Å². The molecular formula is C15H25N3O2. The van der Waals surface area contributed by atoms with Gasteiger partial charge >= 0.3 is 5.97 Å². The van der Waals surface area contributed by atoms with Crippen LogP contribution in [-0.2, 0) is 18.2 Å². The number of esters is 1. The van der Waals surface area contributed by atoms with Crippen LogP contribution in [0.5, 0.6) is 0 Å². The van der Waals surface area contributed by atoms with Gasteiger partial charge < -0.3 is 10.5 Å². The molecule has 0 radical (unpaired) electrons. The summed E-state index contributed by atoms with van der Waals surface area (Å²) in [7, 11) is 1.73. The second-order valence-corrected chi connectivity index (χ2v) is 6.13. The van der Waals surface area contributed by atoms with Crippen LogP contribution in [0.4, 0.5) is 5.69 Å². The Bertz CT molecular complexity index is 486. The summed E-state index contributed by atoms with van der Waals surface area (Å²) in [5.41, 5.74) is 7.58. The van der Waals surface area contributed by atoms with E-state index in [1.807, 2.05) is 6.92 Å². The molecule has 5 heteroatoms. The maximum Gasteiger partial charge on any atom is 0.359 e. The Morgan fingerprint density at radius 1 is 1.35 bits per heavy atom. The van der Waals surface area contributed by atoms with Crippen LogP contribution < -0.4 is 5.73 Å². The number of nitrogens with two attached hydrogens (primary N) is 1. The lowest BCUT2D eigenvalue weighted by atomic mass is 9.82. The molecule has 0 amide bonds. The van der Waals surface area contributed by atoms with Gasteiger partial charge in [-0.25, -0.2) is 4.79 Å². The Labute approximate surface area is 120 Å². The van der Waals surface area contributed by atoms with Crippen LogP contribution in [0.25, 0.3) is 0 Å². The molecule has 0 spiro atoms. The van der Waals surface area contributed by atoms with E-state index in [4.69, 9.17) is 10.5 Å². The fraction of sp³-hybridized carbons (Fsp3) is 0.733. The number of ether oxygens (including phenoxy) is 1. The van der Waals surface area contributed by atoms with Gasteiger partial charge in [0, 0.05) is 7.05 Å². The lowest BCUT2D eigenvalue weighted by Crippen LogP contribution is -2.29. The van der Waals surface area contributed by atoms with Crippen molar-refractivity contribution in [2.75, 3.05) is 5.73 Å². The number of carbonyl (C=O) groups is 1. The van der Waals surface area contributed by atoms with Crippen molar-refractivity contribution in [3.63, 3.8) is 0 Å². The van der Waals surface area contributed by atoms with Gasteiger partial charge in [-0.2, -0.15) is 5.10 Å². The highest BCUT2D eigenvalue weighted by Gasteiger charge is 2.29. The molecule has 112 valence electrons. The fourth-order valence-corrected chi connectivity index (χ4v) is 3.28. The van der Waals surface area contributed by atoms with Gasteiger partial charge in [0.1, 0.15) is 6.10 Å². The van der Waals surface area contributed by atoms with E-state index in [1.165, 1.54) is 11.1 Å². The molecule has 1 fully saturated rings. The fourth-order valence-electron chi connectivity index (χ4n) is 3.28. The van der Waals surface area contributed by atoms with Crippen molar-refractivity contribution in [3.05, 3.63) is 11.4 Å². The second kappa shape index (κ2) is 5.85. The van der Waals surface area contributed by atoms with E-state index in [9.17, 15) is 4.79 Å². The first-order valence-corrected chi connectivity index (χ1v) is 7.44. The molecule has 1 aliphatic carbocycles. The summed E-state index contributed by atoms with van der Waals surface area (Å²) in [4.78, 5) is 12.3. The van der Waals surface area contributed by atoms with Gasteiger partial charge in [0.05, 0.1) is 11.4 Å². The number of anilines is 1. The molecular weight excluding hydrogens is 254 g/mol. The average molecular weight is 279 g/mol. The molecule has 1 saturated carbocycles. The molecule has 5 nitrogen and oxygen atoms in total. The Morgan fingerprint density at radius 3 is 2.45 bits per heavy atom. The molecule has 0 saturated heterocycles. The van der Waals surface area contributed by atoms with Gasteiger partial charge in [0.15, 0.2) is 5.69 Å². The molecule has 1 heterocycles. The predicted octanol–water partition coefficient (Wildman–Crippen LogP) is 2.55. The van der Waals surface area contributed by atoms with Crippen LogP contribution in [-0.4, -0.2) is 21.9 Å². The second-order valence-electron chi connectivity index (χ2n) is 6.13. The van der Waals surface area contributed by atoms with Crippen molar-refractivity contribution in [2.45, 2.75) is 52.6 Å². The molecule has 1 aromatic heterocycles. The van der Waals surface area contributed by atoms with E-state index in [2.05, 4.69) is 18.9 Å². The monoisotopic (exact) mass is 279 g/mol. The van der Waals surface area contributed by atoms with E-state index in [0.717, 1.165) is 18.5 Å². The molecule has 2 unspecified atom stereocenters. The van der Waals surface area contributed by atoms with E-state index in [1.54, 1.807) is 7.05 Å². The molecule has 0 aliphatic heterocycles. The quantitative estimate of drug-likeness (QED) is 0.863. The zero-order valence-electron chi connectivity index (χ0n) is 12.8. The predicted molar refractivity (Wildman–Crippen MR) is 78.4 cm³/mol. The third kappa shape index (κ3) is 2.97. The summed E-state index contributed by atoms with van der Waals surface area (Å²) < 4.78 is 7.19. The van der Waals surface area contributed by atoms with Crippen molar-refractivity contribution in [2.24, 2.45) is 18.9 Å². The lowest BCUT2D eigenvalue weighted by molar-refractivity contribution is 0.00708. The first-order chi connectivity index (χ1) is 9.42. The highest BCUT2D eigenvalue weighted by atomic mass is 16.5. The summed E-state index contributed by atoms with van der Waals surface area (Å²) in [5.74, 6) is 0.863. The zero-order valence-corrected chi connectivity index (χ0v) is 12.8. The summed E-state index contributed by atoms with van der Waals surface area (Å²) in [6.45, 7) is 6.40. The summed E-state index contributed by atoms with van der Waals surface area (Å²) >= 11 is 0. The van der Waals surface area contributed by atoms with Crippen LogP contribution in [0.2, 0.25) is 0 Å². The van der Waals surface area contributed by atoms with Crippen LogP contribution >= 0.6 is 0 Å². The molecule has 1 aliphatic rings. The summed E-state index contributed by atoms with van der Waals surface area (Å²) in [5, 5.41) is 4.26. The third-order valence-corrected chi connectivity index (χ3v) is 4.10. The minimum atomic E-state index is -0.344. The lowest BCUT2D eigenvalue weighted by Gasteiger charge is -2.30. The average Bonchev–Trinajstić information content (AvgIpc) is 2.62. The van der Waals surface area contributed by atoms with E-state index in [0.29, 0.717) is 29.6 Å². The number of nitrogen functional groups attached to an aromatic ring is 1. The normalized spacial score (nSPS) is 26.5. The molecule has 1 aromatic rings. The highest BCUT2D eigenvalue weighted by Crippen LogP contribution is 2.31. The first-order valence-electron chi connectivity index (χ1n) is 7.44. The zero-order chi connectivity index (χ0) is 14.9. The smallest absolute Gasteiger partial charge is 0.359 e. The number of hydrogen-bond donors (Lipinski definition) is 1. The minimum Gasteiger partial charge on any atom is -0.458 e. The molecule has 2 rings (SSSR count). The van der Waals surface area contributed by atoms with Gasteiger partial charge in [0.2, 0.25) is 0 Å². The third-order valence-electron chi connectivity index (χ3n) is 4.10. The van der Waals surface area contributed by atoms with Crippen molar-refractivity contribution < 1.29 is 9.53 Å². The van der Waals surface area contributed by atoms with E-state index in [-0.39, 0.29) is 12.1 Å². The first kappa shape index (κ1) is 14.9. The van der Waals surface area contributed by atoms with Crippen molar-refractivity contribution >= 4 is 11.7 Å². The Balaban J connectivity index is 2.10. The van der Waals surface area contributed by atoms with Crippen LogP contribution in [0.15, 0.2) is 0 Å². The maximum absolute atomic E-state index is 12.3. The SMILES string of the molecule is CCc1nn(C)c(C(=O)OC2CC(C)CC(C)C2)c1N. The Hall–Kier alpha value is -1.52. The van der Waals surface area contributed by atoms with Crippen molar-refractivity contribution in [3.8, 4) is 0 Å². The Morgan fingerprint density at radius 2 is 1.95 bits per heavy atom. The maximum atomic E-state index is 12.3. The van der Waals surface area contributed by atoms with Gasteiger partial charge in [0.25, 0.3) is 0 Å². The minimum absolute atomic E-state index is 0.000580. The molecule has 2 N–H and O–H groups in total. The van der Waals surface area contributed by atoms with Crippen LogP contribution in [0.3, 0.4) is 0 Å². The van der Waals surface area contributed by atoms with Crippen molar-refractivity contribution in [1.29, 1.82) is 0 Å². The molecule has 2 atom stereocenters. The summed E-state index contributed by atoms with van der Waals surface area (Å²) in [6.07, 6.45) is 3.80. The van der Waals surface area contributed by atoms with Gasteiger partial charge in [-0.1, -0.05) is 20.8 Å². The number of aromatic nitrogens is 2. The standard InChI is InChI=1S/C15H25N3O2/c1-5-12-13(16)14(18(4)17-12)15(19)20-11-7-9(2)6-10(3)8-11/h9-11H,5-8,16H2,1-4H3. The van der Waals surface area contributed by atoms with Gasteiger partial charge in [-0.3, -0.25) is 4.68 Å². The van der Waals surface area contributed by atoms with Gasteiger partial charge in [-0.15, -0.1) is 0 Å². The topological polar surface area (TPSA) is 70.1 Å². The van der Waals surface area contributed by atoms with E-state index < -0.39 is 0 Å². The van der Waals surface area contributed by atoms with Crippen LogP contribution in [0, 0.1) is 11.8 Å². The largest absolute Gasteiger partial charge is 0.458 e. The number of hydrogen-bond acceptors (Lipinski definition) is 4. The van der Waals surface area contributed by atoms with Crippen molar-refractivity contribution in [1.82, 2.24) is 9.78 Å². The molecule has 0 aromatic carbocycles. The molecule has 0 bridgehead atoms. The summed E-state index contributed by atoms with van der Waals surface area (Å²) in [6, 6.07) is 0. The number of carbonyl (C=O) groups excluding carboxylic acids is 1.